The lowest BCUT2D eigenvalue weighted by Gasteiger charge is -2.32. The summed E-state index contributed by atoms with van der Waals surface area (Å²) in [7, 11) is 0. The summed E-state index contributed by atoms with van der Waals surface area (Å²) < 4.78 is 8.56. The van der Waals surface area contributed by atoms with Gasteiger partial charge in [-0.3, -0.25) is 4.79 Å². The molecule has 6 aromatic rings. The molecular formula is C27H22N8O2. The van der Waals surface area contributed by atoms with Gasteiger partial charge in [0.2, 0.25) is 11.8 Å². The number of carbonyl (C=O) groups is 1. The van der Waals surface area contributed by atoms with Crippen molar-refractivity contribution in [2.45, 2.75) is 18.9 Å². The quantitative estimate of drug-likeness (QED) is 0.398. The number of nitrogens with zero attached hydrogens (tertiary/aromatic N) is 7. The smallest absolute Gasteiger partial charge is 0.256 e. The summed E-state index contributed by atoms with van der Waals surface area (Å²) in [5, 5.41) is 9.75. The predicted octanol–water partition coefficient (Wildman–Crippen LogP) is 3.89. The summed E-state index contributed by atoms with van der Waals surface area (Å²) in [6.45, 7) is 0.634. The fraction of sp³-hybridized carbons (Fsp3) is 0.148. The van der Waals surface area contributed by atoms with E-state index in [2.05, 4.69) is 26.2 Å². The van der Waals surface area contributed by atoms with Crippen LogP contribution in [-0.2, 0) is 11.2 Å². The first-order valence-electron chi connectivity index (χ1n) is 12.1. The number of nitrogen functional groups attached to an aromatic ring is 1. The molecule has 0 saturated carbocycles. The minimum atomic E-state index is -0.744. The summed E-state index contributed by atoms with van der Waals surface area (Å²) in [5.41, 5.74) is 10.2. The molecule has 2 N–H and O–H groups in total. The van der Waals surface area contributed by atoms with Crippen LogP contribution in [0.5, 0.6) is 0 Å². The minimum Gasteiger partial charge on any atom is -0.461 e. The van der Waals surface area contributed by atoms with Crippen LogP contribution in [0.1, 0.15) is 23.6 Å². The van der Waals surface area contributed by atoms with E-state index in [0.717, 1.165) is 29.7 Å². The van der Waals surface area contributed by atoms with Crippen LogP contribution in [0.3, 0.4) is 0 Å². The van der Waals surface area contributed by atoms with Crippen molar-refractivity contribution >= 4 is 34.2 Å². The lowest BCUT2D eigenvalue weighted by Crippen LogP contribution is -2.41. The number of hydrogen-bond donors (Lipinski definition) is 1. The molecule has 182 valence electrons. The molecule has 1 unspecified atom stereocenters. The van der Waals surface area contributed by atoms with Crippen molar-refractivity contribution in [3.63, 3.8) is 0 Å². The first-order valence-corrected chi connectivity index (χ1v) is 12.1. The van der Waals surface area contributed by atoms with Crippen molar-refractivity contribution in [1.82, 2.24) is 29.4 Å². The highest BCUT2D eigenvalue weighted by Crippen LogP contribution is 2.33. The van der Waals surface area contributed by atoms with E-state index in [1.165, 1.54) is 4.52 Å². The maximum Gasteiger partial charge on any atom is 0.256 e. The van der Waals surface area contributed by atoms with Gasteiger partial charge in [0.1, 0.15) is 0 Å². The number of aromatic nitrogens is 6. The van der Waals surface area contributed by atoms with Crippen LogP contribution in [0.25, 0.3) is 28.3 Å². The first-order chi connectivity index (χ1) is 18.2. The third-order valence-electron chi connectivity index (χ3n) is 6.77. The Balaban J connectivity index is 1.41. The highest BCUT2D eigenvalue weighted by molar-refractivity contribution is 6.00. The predicted molar refractivity (Wildman–Crippen MR) is 138 cm³/mol. The number of hydrogen-bond acceptors (Lipinski definition) is 7. The van der Waals surface area contributed by atoms with Crippen LogP contribution in [-0.4, -0.2) is 41.8 Å². The molecule has 0 radical (unpaired) electrons. The molecule has 1 atom stereocenters. The van der Waals surface area contributed by atoms with Crippen LogP contribution in [0.4, 0.5) is 11.6 Å². The van der Waals surface area contributed by atoms with Gasteiger partial charge in [0.15, 0.2) is 23.1 Å². The zero-order valence-corrected chi connectivity index (χ0v) is 19.7. The van der Waals surface area contributed by atoms with Crippen molar-refractivity contribution in [2.24, 2.45) is 0 Å². The van der Waals surface area contributed by atoms with Gasteiger partial charge in [0.05, 0.1) is 17.8 Å². The van der Waals surface area contributed by atoms with Crippen LogP contribution in [0.2, 0.25) is 0 Å². The Hall–Kier alpha value is -4.99. The number of benzene rings is 2. The lowest BCUT2D eigenvalue weighted by atomic mass is 9.99. The van der Waals surface area contributed by atoms with E-state index in [4.69, 9.17) is 10.2 Å². The second kappa shape index (κ2) is 8.30. The second-order valence-corrected chi connectivity index (χ2v) is 8.98. The topological polar surface area (TPSA) is 120 Å². The monoisotopic (exact) mass is 490 g/mol. The SMILES string of the molecule is Nc1nc2c(cnn2C(C(=O)N2CCCc3ccccc32)c2ccccc2)c2nc(-c3ccco3)nn12. The molecule has 0 aliphatic carbocycles. The van der Waals surface area contributed by atoms with E-state index in [-0.39, 0.29) is 11.9 Å². The van der Waals surface area contributed by atoms with Crippen molar-refractivity contribution in [1.29, 1.82) is 0 Å². The molecule has 0 fully saturated rings. The second-order valence-electron chi connectivity index (χ2n) is 8.98. The van der Waals surface area contributed by atoms with E-state index in [9.17, 15) is 4.79 Å². The molecule has 0 saturated heterocycles. The van der Waals surface area contributed by atoms with Crippen molar-refractivity contribution in [2.75, 3.05) is 17.2 Å². The van der Waals surface area contributed by atoms with Crippen molar-refractivity contribution < 1.29 is 9.21 Å². The van der Waals surface area contributed by atoms with E-state index in [1.54, 1.807) is 29.3 Å². The fourth-order valence-corrected chi connectivity index (χ4v) is 5.06. The average molecular weight is 491 g/mol. The summed E-state index contributed by atoms with van der Waals surface area (Å²) in [6.07, 6.45) is 5.06. The number of furan rings is 1. The summed E-state index contributed by atoms with van der Waals surface area (Å²) >= 11 is 0. The first kappa shape index (κ1) is 21.3. The van der Waals surface area contributed by atoms with Crippen LogP contribution in [0.15, 0.2) is 83.6 Å². The third kappa shape index (κ3) is 3.37. The molecular weight excluding hydrogens is 468 g/mol. The van der Waals surface area contributed by atoms with Gasteiger partial charge in [-0.15, -0.1) is 5.10 Å². The highest BCUT2D eigenvalue weighted by atomic mass is 16.3. The maximum absolute atomic E-state index is 14.3. The molecule has 10 heteroatoms. The molecule has 1 aliphatic rings. The highest BCUT2D eigenvalue weighted by Gasteiger charge is 2.33. The van der Waals surface area contributed by atoms with Gasteiger partial charge >= 0.3 is 0 Å². The molecule has 1 amide bonds. The standard InChI is InChI=1S/C27H22N8O2/c28-27-31-25-19(24-30-23(32-35(24)27)21-13-7-15-37-21)16-29-34(25)22(18-9-2-1-3-10-18)26(36)33-14-6-11-17-8-4-5-12-20(17)33/h1-5,7-10,12-13,15-16,22H,6,11,14H2,(H2,28,31). The van der Waals surface area contributed by atoms with Gasteiger partial charge in [0, 0.05) is 12.2 Å². The normalized spacial score (nSPS) is 14.2. The molecule has 0 bridgehead atoms. The Labute approximate surface area is 211 Å². The van der Waals surface area contributed by atoms with Gasteiger partial charge in [-0.1, -0.05) is 48.5 Å². The molecule has 0 spiro atoms. The van der Waals surface area contributed by atoms with Gasteiger partial charge in [-0.25, -0.2) is 9.67 Å². The number of rotatable bonds is 4. The van der Waals surface area contributed by atoms with Crippen LogP contribution in [0, 0.1) is 0 Å². The van der Waals surface area contributed by atoms with E-state index >= 15 is 0 Å². The third-order valence-corrected chi connectivity index (χ3v) is 6.77. The van der Waals surface area contributed by atoms with Crippen molar-refractivity contribution in [3.05, 3.63) is 90.3 Å². The average Bonchev–Trinajstić information content (AvgIpc) is 3.69. The lowest BCUT2D eigenvalue weighted by molar-refractivity contribution is -0.120. The summed E-state index contributed by atoms with van der Waals surface area (Å²) in [5.74, 6) is 0.961. The van der Waals surface area contributed by atoms with Gasteiger partial charge < -0.3 is 15.1 Å². The largest absolute Gasteiger partial charge is 0.461 e. The molecule has 10 nitrogen and oxygen atoms in total. The fourth-order valence-electron chi connectivity index (χ4n) is 5.06. The van der Waals surface area contributed by atoms with Crippen molar-refractivity contribution in [3.8, 4) is 11.6 Å². The zero-order valence-electron chi connectivity index (χ0n) is 19.7. The zero-order chi connectivity index (χ0) is 24.9. The molecule has 4 aromatic heterocycles. The van der Waals surface area contributed by atoms with Gasteiger partial charge in [0.25, 0.3) is 5.91 Å². The molecule has 5 heterocycles. The Morgan fingerprint density at radius 1 is 0.973 bits per heavy atom. The van der Waals surface area contributed by atoms with E-state index in [0.29, 0.717) is 34.8 Å². The Bertz CT molecular complexity index is 1750. The van der Waals surface area contributed by atoms with Gasteiger partial charge in [-0.2, -0.15) is 14.6 Å². The maximum atomic E-state index is 14.3. The Morgan fingerprint density at radius 3 is 2.65 bits per heavy atom. The van der Waals surface area contributed by atoms with E-state index < -0.39 is 6.04 Å². The molecule has 2 aromatic carbocycles. The number of nitrogens with two attached hydrogens (primary N) is 1. The number of aryl methyl sites for hydroxylation is 1. The number of carbonyl (C=O) groups excluding carboxylic acids is 1. The van der Waals surface area contributed by atoms with Gasteiger partial charge in [-0.05, 0) is 42.2 Å². The number of amides is 1. The molecule has 7 rings (SSSR count). The summed E-state index contributed by atoms with van der Waals surface area (Å²) in [6, 6.07) is 20.5. The summed E-state index contributed by atoms with van der Waals surface area (Å²) in [4.78, 5) is 25.4. The molecule has 37 heavy (non-hydrogen) atoms. The number of fused-ring (bicyclic) bond motifs is 4. The van der Waals surface area contributed by atoms with E-state index in [1.807, 2.05) is 53.4 Å². The van der Waals surface area contributed by atoms with Crippen LogP contribution >= 0.6 is 0 Å². The number of para-hydroxylation sites is 1. The minimum absolute atomic E-state index is 0.0821. The molecule has 1 aliphatic heterocycles. The number of anilines is 2. The van der Waals surface area contributed by atoms with Crippen LogP contribution < -0.4 is 10.6 Å². The Kier molecular flexibility index (Phi) is 4.78. The Morgan fingerprint density at radius 2 is 1.81 bits per heavy atom.